The van der Waals surface area contributed by atoms with Crippen LogP contribution in [0.25, 0.3) is 0 Å². The lowest BCUT2D eigenvalue weighted by molar-refractivity contribution is -0.757. The highest BCUT2D eigenvalue weighted by atomic mass is 35.5. The molecule has 2 N–H and O–H groups in total. The van der Waals surface area contributed by atoms with Gasteiger partial charge >= 0.3 is 0 Å². The molecule has 0 aliphatic heterocycles. The minimum absolute atomic E-state index is 0. The van der Waals surface area contributed by atoms with Gasteiger partial charge in [0, 0.05) is 18.8 Å². The second-order valence-corrected chi connectivity index (χ2v) is 4.27. The van der Waals surface area contributed by atoms with Crippen LogP contribution in [-0.4, -0.2) is 35.0 Å². The van der Waals surface area contributed by atoms with E-state index < -0.39 is 5.09 Å². The maximum absolute atomic E-state index is 11.4. The number of carbonyl (C=O) groups excluding carboxylic acids is 2. The van der Waals surface area contributed by atoms with E-state index in [9.17, 15) is 19.7 Å². The van der Waals surface area contributed by atoms with Crippen LogP contribution in [-0.2, 0) is 20.8 Å². The minimum atomic E-state index is -0.924. The van der Waals surface area contributed by atoms with Crippen LogP contribution in [0.5, 0.6) is 0 Å². The second-order valence-electron chi connectivity index (χ2n) is 3.41. The number of anilines is 1. The number of amides is 2. The van der Waals surface area contributed by atoms with E-state index in [-0.39, 0.29) is 43.8 Å². The standard InChI is InChI=1S/C9H12N4O5S.ClH/c1-6(14)11-9-12-7(5-19-9)4-8(15)10-2-3-18-13(16)17;/h5H,2-4H2,1H3,(H,10,15)(H,11,12,14);1H. The number of rotatable bonds is 7. The van der Waals surface area contributed by atoms with Crippen molar-refractivity contribution in [2.24, 2.45) is 0 Å². The molecule has 0 aliphatic rings. The lowest BCUT2D eigenvalue weighted by atomic mass is 10.3. The molecular formula is C9H13ClN4O5S. The van der Waals surface area contributed by atoms with Crippen LogP contribution in [0.15, 0.2) is 5.38 Å². The van der Waals surface area contributed by atoms with Gasteiger partial charge in [-0.15, -0.1) is 33.9 Å². The zero-order valence-electron chi connectivity index (χ0n) is 10.5. The lowest BCUT2D eigenvalue weighted by Gasteiger charge is -2.02. The molecule has 0 saturated heterocycles. The maximum atomic E-state index is 11.4. The summed E-state index contributed by atoms with van der Waals surface area (Å²) >= 11 is 1.22. The zero-order chi connectivity index (χ0) is 14.3. The van der Waals surface area contributed by atoms with Crippen LogP contribution in [0.4, 0.5) is 5.13 Å². The van der Waals surface area contributed by atoms with E-state index in [0.717, 1.165) is 0 Å². The van der Waals surface area contributed by atoms with E-state index in [4.69, 9.17) is 0 Å². The van der Waals surface area contributed by atoms with Gasteiger partial charge in [0.15, 0.2) is 5.13 Å². The van der Waals surface area contributed by atoms with Crippen molar-refractivity contribution in [3.63, 3.8) is 0 Å². The number of carbonyl (C=O) groups is 2. The molecule has 1 rings (SSSR count). The number of halogens is 1. The summed E-state index contributed by atoms with van der Waals surface area (Å²) in [5.74, 6) is -0.561. The average molecular weight is 325 g/mol. The first-order valence-corrected chi connectivity index (χ1v) is 6.11. The van der Waals surface area contributed by atoms with Crippen LogP contribution in [0, 0.1) is 10.1 Å². The van der Waals surface area contributed by atoms with Gasteiger partial charge in [-0.3, -0.25) is 9.59 Å². The van der Waals surface area contributed by atoms with Crippen molar-refractivity contribution < 1.29 is 19.5 Å². The number of hydrogen-bond donors (Lipinski definition) is 2. The first-order chi connectivity index (χ1) is 8.97. The Bertz CT molecular complexity index is 481. The zero-order valence-corrected chi connectivity index (χ0v) is 12.1. The smallest absolute Gasteiger partial charge is 0.294 e. The van der Waals surface area contributed by atoms with Crippen molar-refractivity contribution in [3.05, 3.63) is 21.2 Å². The molecule has 1 aromatic heterocycles. The van der Waals surface area contributed by atoms with Gasteiger partial charge in [-0.25, -0.2) is 4.98 Å². The van der Waals surface area contributed by atoms with Crippen molar-refractivity contribution in [1.29, 1.82) is 0 Å². The summed E-state index contributed by atoms with van der Waals surface area (Å²) in [6.07, 6.45) is 0.0363. The molecule has 0 radical (unpaired) electrons. The Labute approximate surface area is 124 Å². The largest absolute Gasteiger partial charge is 0.354 e. The SMILES string of the molecule is CC(=O)Nc1nc(CC(=O)NCCO[N+](=O)[O-])cs1.Cl. The number of thiazole rings is 1. The van der Waals surface area contributed by atoms with Crippen molar-refractivity contribution in [2.45, 2.75) is 13.3 Å². The summed E-state index contributed by atoms with van der Waals surface area (Å²) in [5.41, 5.74) is 0.515. The van der Waals surface area contributed by atoms with E-state index in [2.05, 4.69) is 20.5 Å². The molecule has 9 nitrogen and oxygen atoms in total. The van der Waals surface area contributed by atoms with E-state index in [1.807, 2.05) is 0 Å². The fourth-order valence-electron chi connectivity index (χ4n) is 1.13. The molecule has 11 heteroatoms. The van der Waals surface area contributed by atoms with Crippen molar-refractivity contribution in [3.8, 4) is 0 Å². The predicted molar refractivity (Wildman–Crippen MR) is 73.3 cm³/mol. The molecule has 1 aromatic rings. The van der Waals surface area contributed by atoms with Crippen molar-refractivity contribution in [2.75, 3.05) is 18.5 Å². The molecule has 0 unspecified atom stereocenters. The third-order valence-electron chi connectivity index (χ3n) is 1.80. The van der Waals surface area contributed by atoms with E-state index in [0.29, 0.717) is 10.8 Å². The van der Waals surface area contributed by atoms with Gasteiger partial charge < -0.3 is 15.5 Å². The molecule has 20 heavy (non-hydrogen) atoms. The molecule has 0 aromatic carbocycles. The first kappa shape index (κ1) is 18.1. The fourth-order valence-corrected chi connectivity index (χ4v) is 1.89. The van der Waals surface area contributed by atoms with Crippen LogP contribution in [0.1, 0.15) is 12.6 Å². The second kappa shape index (κ2) is 9.04. The fraction of sp³-hybridized carbons (Fsp3) is 0.444. The predicted octanol–water partition coefficient (Wildman–Crippen LogP) is 0.390. The highest BCUT2D eigenvalue weighted by Crippen LogP contribution is 2.15. The summed E-state index contributed by atoms with van der Waals surface area (Å²) in [6.45, 7) is 1.21. The van der Waals surface area contributed by atoms with E-state index >= 15 is 0 Å². The maximum Gasteiger partial charge on any atom is 0.294 e. The van der Waals surface area contributed by atoms with Crippen LogP contribution < -0.4 is 10.6 Å². The van der Waals surface area contributed by atoms with E-state index in [1.54, 1.807) is 5.38 Å². The molecule has 0 bridgehead atoms. The van der Waals surface area contributed by atoms with Crippen molar-refractivity contribution in [1.82, 2.24) is 10.3 Å². The average Bonchev–Trinajstić information content (AvgIpc) is 2.70. The normalized spacial score (nSPS) is 9.25. The third-order valence-corrected chi connectivity index (χ3v) is 2.60. The summed E-state index contributed by atoms with van der Waals surface area (Å²) in [5, 5.41) is 16.0. The Morgan fingerprint density at radius 3 is 2.85 bits per heavy atom. The van der Waals surface area contributed by atoms with Gasteiger partial charge in [0.25, 0.3) is 5.09 Å². The minimum Gasteiger partial charge on any atom is -0.354 e. The van der Waals surface area contributed by atoms with Gasteiger partial charge in [0.05, 0.1) is 12.1 Å². The summed E-state index contributed by atoms with van der Waals surface area (Å²) in [6, 6.07) is 0. The quantitative estimate of drug-likeness (QED) is 0.425. The molecule has 0 aliphatic carbocycles. The Balaban J connectivity index is 0.00000361. The van der Waals surface area contributed by atoms with Crippen LogP contribution in [0.3, 0.4) is 0 Å². The summed E-state index contributed by atoms with van der Waals surface area (Å²) in [7, 11) is 0. The highest BCUT2D eigenvalue weighted by Gasteiger charge is 2.08. The number of hydrogen-bond acceptors (Lipinski definition) is 7. The van der Waals surface area contributed by atoms with Gasteiger partial charge in [0.2, 0.25) is 11.8 Å². The molecule has 2 amide bonds. The first-order valence-electron chi connectivity index (χ1n) is 5.23. The Morgan fingerprint density at radius 2 is 2.25 bits per heavy atom. The Hall–Kier alpha value is -1.94. The number of aromatic nitrogens is 1. The molecule has 112 valence electrons. The molecule has 0 fully saturated rings. The molecule has 0 spiro atoms. The van der Waals surface area contributed by atoms with Gasteiger partial charge in [-0.1, -0.05) is 0 Å². The molecule has 0 saturated carbocycles. The highest BCUT2D eigenvalue weighted by molar-refractivity contribution is 7.13. The van der Waals surface area contributed by atoms with Crippen LogP contribution >= 0.6 is 23.7 Å². The number of nitrogens with one attached hydrogen (secondary N) is 2. The molecule has 0 atom stereocenters. The number of nitrogens with zero attached hydrogens (tertiary/aromatic N) is 2. The lowest BCUT2D eigenvalue weighted by Crippen LogP contribution is -2.29. The van der Waals surface area contributed by atoms with Crippen molar-refractivity contribution >= 4 is 40.7 Å². The molecular weight excluding hydrogens is 312 g/mol. The topological polar surface area (TPSA) is 123 Å². The third kappa shape index (κ3) is 7.48. The Kier molecular flexibility index (Phi) is 8.16. The summed E-state index contributed by atoms with van der Waals surface area (Å²) < 4.78 is 0. The summed E-state index contributed by atoms with van der Waals surface area (Å²) in [4.78, 5) is 40.1. The molecule has 1 heterocycles. The monoisotopic (exact) mass is 324 g/mol. The van der Waals surface area contributed by atoms with E-state index in [1.165, 1.54) is 18.3 Å². The van der Waals surface area contributed by atoms with Gasteiger partial charge in [-0.05, 0) is 0 Å². The Morgan fingerprint density at radius 1 is 1.55 bits per heavy atom. The van der Waals surface area contributed by atoms with Crippen LogP contribution in [0.2, 0.25) is 0 Å². The van der Waals surface area contributed by atoms with Gasteiger partial charge in [0.1, 0.15) is 6.61 Å². The van der Waals surface area contributed by atoms with Gasteiger partial charge in [-0.2, -0.15) is 0 Å².